The van der Waals surface area contributed by atoms with E-state index in [2.05, 4.69) is 45.7 Å². The standard InChI is InChI=1S/C24H30N6/c1-15-4-2-3-5-17(15)12-27-23-28-13-20(11-25)22(30-23)29-14-24-8-16-6-18(9-24)21(26)19(7-16)10-24/h2-5,13,16,18-19,21H,6-10,12,14,26H2,1H3,(H2,27,28,29,30)/t16?,18-,19+,21?,24?. The molecule has 0 amide bonds. The average Bonchev–Trinajstić information content (AvgIpc) is 2.75. The van der Waals surface area contributed by atoms with Crippen molar-refractivity contribution in [3.8, 4) is 6.07 Å². The van der Waals surface area contributed by atoms with Gasteiger partial charge in [0, 0.05) is 19.1 Å². The van der Waals surface area contributed by atoms with E-state index < -0.39 is 0 Å². The molecule has 3 unspecified atom stereocenters. The molecule has 1 heterocycles. The van der Waals surface area contributed by atoms with E-state index in [1.165, 1.54) is 43.2 Å². The van der Waals surface area contributed by atoms with Crippen molar-refractivity contribution in [2.24, 2.45) is 28.9 Å². The zero-order valence-corrected chi connectivity index (χ0v) is 17.6. The summed E-state index contributed by atoms with van der Waals surface area (Å²) in [5, 5.41) is 16.4. The molecule has 0 saturated heterocycles. The highest BCUT2D eigenvalue weighted by atomic mass is 15.1. The molecule has 156 valence electrons. The summed E-state index contributed by atoms with van der Waals surface area (Å²) >= 11 is 0. The highest BCUT2D eigenvalue weighted by Crippen LogP contribution is 2.59. The maximum absolute atomic E-state index is 9.54. The Hall–Kier alpha value is -2.65. The molecule has 4 saturated carbocycles. The first kappa shape index (κ1) is 19.3. The minimum absolute atomic E-state index is 0.304. The molecular weight excluding hydrogens is 372 g/mol. The minimum atomic E-state index is 0.304. The zero-order chi connectivity index (χ0) is 20.7. The summed E-state index contributed by atoms with van der Waals surface area (Å²) in [6.45, 7) is 3.62. The van der Waals surface area contributed by atoms with Gasteiger partial charge < -0.3 is 16.4 Å². The number of hydrogen-bond acceptors (Lipinski definition) is 6. The average molecular weight is 403 g/mol. The van der Waals surface area contributed by atoms with Crippen LogP contribution >= 0.6 is 0 Å². The first-order valence-corrected chi connectivity index (χ1v) is 11.1. The van der Waals surface area contributed by atoms with Crippen molar-refractivity contribution < 1.29 is 0 Å². The predicted molar refractivity (Wildman–Crippen MR) is 118 cm³/mol. The molecule has 0 aliphatic heterocycles. The van der Waals surface area contributed by atoms with Gasteiger partial charge in [0.05, 0.1) is 6.20 Å². The summed E-state index contributed by atoms with van der Waals surface area (Å²) in [5.41, 5.74) is 9.75. The van der Waals surface area contributed by atoms with Gasteiger partial charge in [0.1, 0.15) is 17.5 Å². The van der Waals surface area contributed by atoms with E-state index in [0.717, 1.165) is 12.5 Å². The van der Waals surface area contributed by atoms with Crippen LogP contribution in [0, 0.1) is 41.4 Å². The molecule has 1 aromatic carbocycles. The molecule has 6 heteroatoms. The maximum atomic E-state index is 9.54. The van der Waals surface area contributed by atoms with Crippen LogP contribution in [0.3, 0.4) is 0 Å². The monoisotopic (exact) mass is 402 g/mol. The first-order valence-electron chi connectivity index (χ1n) is 11.1. The summed E-state index contributed by atoms with van der Waals surface area (Å²) in [5.74, 6) is 3.36. The van der Waals surface area contributed by atoms with Crippen LogP contribution in [0.4, 0.5) is 11.8 Å². The molecule has 6 rings (SSSR count). The van der Waals surface area contributed by atoms with Crippen LogP contribution in [-0.2, 0) is 6.54 Å². The summed E-state index contributed by atoms with van der Waals surface area (Å²) in [6, 6.07) is 10.9. The van der Waals surface area contributed by atoms with E-state index in [9.17, 15) is 5.26 Å². The number of anilines is 2. The Bertz CT molecular complexity index is 964. The smallest absolute Gasteiger partial charge is 0.224 e. The maximum Gasteiger partial charge on any atom is 0.224 e. The number of nitrogens with zero attached hydrogens (tertiary/aromatic N) is 3. The summed E-state index contributed by atoms with van der Waals surface area (Å²) < 4.78 is 0. The fraction of sp³-hybridized carbons (Fsp3) is 0.542. The number of nitriles is 1. The quantitative estimate of drug-likeness (QED) is 0.679. The summed E-state index contributed by atoms with van der Waals surface area (Å²) in [7, 11) is 0. The summed E-state index contributed by atoms with van der Waals surface area (Å²) in [4.78, 5) is 8.98. The number of benzene rings is 1. The van der Waals surface area contributed by atoms with E-state index in [-0.39, 0.29) is 0 Å². The van der Waals surface area contributed by atoms with Crippen molar-refractivity contribution >= 4 is 11.8 Å². The fourth-order valence-corrected chi connectivity index (χ4v) is 6.39. The first-order chi connectivity index (χ1) is 14.5. The molecule has 4 N–H and O–H groups in total. The molecule has 4 bridgehead atoms. The van der Waals surface area contributed by atoms with Gasteiger partial charge in [-0.05, 0) is 73.3 Å². The third-order valence-electron chi connectivity index (χ3n) is 7.71. The van der Waals surface area contributed by atoms with E-state index in [4.69, 9.17) is 5.73 Å². The largest absolute Gasteiger partial charge is 0.368 e. The lowest BCUT2D eigenvalue weighted by molar-refractivity contribution is -0.0591. The van der Waals surface area contributed by atoms with Crippen molar-refractivity contribution in [1.82, 2.24) is 9.97 Å². The van der Waals surface area contributed by atoms with Gasteiger partial charge in [0.25, 0.3) is 0 Å². The Kier molecular flexibility index (Phi) is 4.86. The van der Waals surface area contributed by atoms with Crippen LogP contribution < -0.4 is 16.4 Å². The van der Waals surface area contributed by atoms with E-state index in [0.29, 0.717) is 47.2 Å². The normalized spacial score (nSPS) is 31.4. The van der Waals surface area contributed by atoms with Gasteiger partial charge in [0.2, 0.25) is 5.95 Å². The number of aryl methyl sites for hydroxylation is 1. The predicted octanol–water partition coefficient (Wildman–Crippen LogP) is 3.83. The lowest BCUT2D eigenvalue weighted by Crippen LogP contribution is -2.58. The molecule has 30 heavy (non-hydrogen) atoms. The van der Waals surface area contributed by atoms with E-state index >= 15 is 0 Å². The molecule has 1 aromatic heterocycles. The third-order valence-corrected chi connectivity index (χ3v) is 7.71. The Labute approximate surface area is 178 Å². The SMILES string of the molecule is Cc1ccccc1CNc1ncc(C#N)c(NCC23CC4C[C@H](C2)C(N)[C@@H](C4)C3)n1. The van der Waals surface area contributed by atoms with Crippen LogP contribution in [0.25, 0.3) is 0 Å². The second-order valence-electron chi connectivity index (χ2n) is 9.75. The number of hydrogen-bond donors (Lipinski definition) is 3. The minimum Gasteiger partial charge on any atom is -0.368 e. The Morgan fingerprint density at radius 2 is 1.93 bits per heavy atom. The second kappa shape index (κ2) is 7.55. The van der Waals surface area contributed by atoms with Crippen LogP contribution in [-0.4, -0.2) is 22.6 Å². The van der Waals surface area contributed by atoms with Crippen LogP contribution in [0.15, 0.2) is 30.5 Å². The molecule has 4 aliphatic rings. The Morgan fingerprint density at radius 3 is 2.67 bits per heavy atom. The zero-order valence-electron chi connectivity index (χ0n) is 17.6. The lowest BCUT2D eigenvalue weighted by Gasteiger charge is -2.59. The molecule has 2 aromatic rings. The number of rotatable bonds is 6. The topological polar surface area (TPSA) is 99.7 Å². The van der Waals surface area contributed by atoms with Gasteiger partial charge in [-0.3, -0.25) is 0 Å². The van der Waals surface area contributed by atoms with Crippen molar-refractivity contribution in [3.63, 3.8) is 0 Å². The number of nitrogens with two attached hydrogens (primary N) is 1. The van der Waals surface area contributed by atoms with Gasteiger partial charge in [-0.25, -0.2) is 4.98 Å². The molecule has 4 aliphatic carbocycles. The molecule has 5 atom stereocenters. The van der Waals surface area contributed by atoms with Crippen molar-refractivity contribution in [2.45, 2.75) is 51.6 Å². The van der Waals surface area contributed by atoms with Gasteiger partial charge in [0.15, 0.2) is 0 Å². The third kappa shape index (κ3) is 3.52. The molecule has 0 spiro atoms. The van der Waals surface area contributed by atoms with Crippen LogP contribution in [0.5, 0.6) is 0 Å². The number of nitrogens with one attached hydrogen (secondary N) is 2. The Balaban J connectivity index is 1.29. The Morgan fingerprint density at radius 1 is 1.17 bits per heavy atom. The number of aromatic nitrogens is 2. The fourth-order valence-electron chi connectivity index (χ4n) is 6.39. The second-order valence-corrected chi connectivity index (χ2v) is 9.75. The molecule has 4 fully saturated rings. The van der Waals surface area contributed by atoms with Crippen molar-refractivity contribution in [2.75, 3.05) is 17.2 Å². The lowest BCUT2D eigenvalue weighted by atomic mass is 9.48. The molecule has 0 radical (unpaired) electrons. The highest BCUT2D eigenvalue weighted by molar-refractivity contribution is 5.53. The van der Waals surface area contributed by atoms with Crippen LogP contribution in [0.1, 0.15) is 48.8 Å². The van der Waals surface area contributed by atoms with Gasteiger partial charge in [-0.2, -0.15) is 10.2 Å². The van der Waals surface area contributed by atoms with Gasteiger partial charge in [-0.1, -0.05) is 24.3 Å². The van der Waals surface area contributed by atoms with Crippen LogP contribution in [0.2, 0.25) is 0 Å². The van der Waals surface area contributed by atoms with E-state index in [1.54, 1.807) is 6.20 Å². The van der Waals surface area contributed by atoms with Gasteiger partial charge in [-0.15, -0.1) is 0 Å². The van der Waals surface area contributed by atoms with Gasteiger partial charge >= 0.3 is 0 Å². The van der Waals surface area contributed by atoms with Crippen molar-refractivity contribution in [1.29, 1.82) is 5.26 Å². The molecular formula is C24H30N6. The van der Waals surface area contributed by atoms with E-state index in [1.807, 2.05) is 12.1 Å². The highest BCUT2D eigenvalue weighted by Gasteiger charge is 2.54. The summed E-state index contributed by atoms with van der Waals surface area (Å²) in [6.07, 6.45) is 7.93. The molecule has 6 nitrogen and oxygen atoms in total. The van der Waals surface area contributed by atoms with Crippen molar-refractivity contribution in [3.05, 3.63) is 47.2 Å².